The average Bonchev–Trinajstić information content (AvgIpc) is 2.55. The molecule has 1 aliphatic rings. The van der Waals surface area contributed by atoms with Crippen molar-refractivity contribution in [1.29, 1.82) is 0 Å². The molecule has 0 amide bonds. The van der Waals surface area contributed by atoms with Crippen LogP contribution in [0.3, 0.4) is 0 Å². The van der Waals surface area contributed by atoms with Crippen LogP contribution < -0.4 is 10.9 Å². The standard InChI is InChI=1S/C16H17Cl2N3O2/c17-10-5-7-11(8-6-10)21-16(23)15(18)13(9-19-21)20-12-3-1-2-4-14(12)22/h5-9,12,14,20,22H,1-4H2/t12-,14-/m0/s1. The van der Waals surface area contributed by atoms with E-state index in [-0.39, 0.29) is 11.1 Å². The molecular weight excluding hydrogens is 337 g/mol. The summed E-state index contributed by atoms with van der Waals surface area (Å²) < 4.78 is 1.22. The Bertz CT molecular complexity index is 746. The minimum absolute atomic E-state index is 0.0627. The fourth-order valence-electron chi connectivity index (χ4n) is 2.78. The van der Waals surface area contributed by atoms with Gasteiger partial charge >= 0.3 is 0 Å². The summed E-state index contributed by atoms with van der Waals surface area (Å²) in [6.07, 6.45) is 4.74. The summed E-state index contributed by atoms with van der Waals surface area (Å²) in [7, 11) is 0. The lowest BCUT2D eigenvalue weighted by molar-refractivity contribution is 0.116. The quantitative estimate of drug-likeness (QED) is 0.888. The highest BCUT2D eigenvalue weighted by molar-refractivity contribution is 6.33. The lowest BCUT2D eigenvalue weighted by Crippen LogP contribution is -2.37. The van der Waals surface area contributed by atoms with Gasteiger partial charge in [-0.05, 0) is 37.1 Å². The highest BCUT2D eigenvalue weighted by Gasteiger charge is 2.24. The first kappa shape index (κ1) is 16.3. The van der Waals surface area contributed by atoms with Crippen molar-refractivity contribution in [3.05, 3.63) is 50.9 Å². The number of anilines is 1. The van der Waals surface area contributed by atoms with Crippen LogP contribution in [0.4, 0.5) is 5.69 Å². The number of aliphatic hydroxyl groups excluding tert-OH is 1. The highest BCUT2D eigenvalue weighted by atomic mass is 35.5. The van der Waals surface area contributed by atoms with Crippen LogP contribution in [0.15, 0.2) is 35.3 Å². The lowest BCUT2D eigenvalue weighted by atomic mass is 9.92. The summed E-state index contributed by atoms with van der Waals surface area (Å²) in [4.78, 5) is 12.4. The van der Waals surface area contributed by atoms with Crippen LogP contribution in [-0.2, 0) is 0 Å². The summed E-state index contributed by atoms with van der Waals surface area (Å²) in [5.41, 5.74) is 0.627. The van der Waals surface area contributed by atoms with E-state index in [0.29, 0.717) is 16.4 Å². The third-order valence-corrected chi connectivity index (χ3v) is 4.68. The summed E-state index contributed by atoms with van der Waals surface area (Å²) in [5, 5.41) is 18.0. The van der Waals surface area contributed by atoms with Crippen molar-refractivity contribution in [3.8, 4) is 5.69 Å². The van der Waals surface area contributed by atoms with Crippen molar-refractivity contribution >= 4 is 28.9 Å². The zero-order chi connectivity index (χ0) is 16.4. The number of aliphatic hydroxyl groups is 1. The molecule has 1 heterocycles. The van der Waals surface area contributed by atoms with Gasteiger partial charge in [-0.3, -0.25) is 4.79 Å². The lowest BCUT2D eigenvalue weighted by Gasteiger charge is -2.29. The van der Waals surface area contributed by atoms with Crippen LogP contribution in [0, 0.1) is 0 Å². The van der Waals surface area contributed by atoms with Gasteiger partial charge in [-0.25, -0.2) is 0 Å². The number of rotatable bonds is 3. The van der Waals surface area contributed by atoms with Gasteiger partial charge in [0.1, 0.15) is 5.02 Å². The largest absolute Gasteiger partial charge is 0.391 e. The number of hydrogen-bond donors (Lipinski definition) is 2. The molecule has 5 nitrogen and oxygen atoms in total. The Morgan fingerprint density at radius 2 is 1.87 bits per heavy atom. The summed E-state index contributed by atoms with van der Waals surface area (Å²) in [6.45, 7) is 0. The first-order valence-electron chi connectivity index (χ1n) is 7.54. The van der Waals surface area contributed by atoms with Crippen molar-refractivity contribution in [2.75, 3.05) is 5.32 Å². The zero-order valence-electron chi connectivity index (χ0n) is 12.4. The van der Waals surface area contributed by atoms with Crippen LogP contribution >= 0.6 is 23.2 Å². The number of benzene rings is 1. The number of halogens is 2. The second kappa shape index (κ2) is 6.91. The molecule has 1 aliphatic carbocycles. The van der Waals surface area contributed by atoms with Gasteiger partial charge < -0.3 is 10.4 Å². The molecule has 0 spiro atoms. The van der Waals surface area contributed by atoms with Gasteiger partial charge in [-0.2, -0.15) is 9.78 Å². The molecule has 0 aliphatic heterocycles. The van der Waals surface area contributed by atoms with E-state index in [4.69, 9.17) is 23.2 Å². The number of nitrogens with one attached hydrogen (secondary N) is 1. The first-order chi connectivity index (χ1) is 11.1. The van der Waals surface area contributed by atoms with Gasteiger partial charge in [-0.1, -0.05) is 36.0 Å². The molecule has 1 aromatic heterocycles. The molecule has 2 atom stereocenters. The molecule has 7 heteroatoms. The van der Waals surface area contributed by atoms with Gasteiger partial charge in [0.15, 0.2) is 0 Å². The summed E-state index contributed by atoms with van der Waals surface area (Å²) in [5.74, 6) is 0. The van der Waals surface area contributed by atoms with E-state index in [2.05, 4.69) is 10.4 Å². The molecule has 23 heavy (non-hydrogen) atoms. The van der Waals surface area contributed by atoms with E-state index in [0.717, 1.165) is 25.7 Å². The fourth-order valence-corrected chi connectivity index (χ4v) is 3.09. The van der Waals surface area contributed by atoms with Gasteiger partial charge in [0.05, 0.1) is 29.7 Å². The van der Waals surface area contributed by atoms with Crippen molar-refractivity contribution in [2.24, 2.45) is 0 Å². The molecule has 2 aromatic rings. The molecule has 0 saturated heterocycles. The molecule has 0 bridgehead atoms. The van der Waals surface area contributed by atoms with Gasteiger partial charge in [-0.15, -0.1) is 0 Å². The fraction of sp³-hybridized carbons (Fsp3) is 0.375. The van der Waals surface area contributed by atoms with Crippen LogP contribution in [0.1, 0.15) is 25.7 Å². The minimum atomic E-state index is -0.432. The molecule has 3 rings (SSSR count). The number of hydrogen-bond acceptors (Lipinski definition) is 4. The Hall–Kier alpha value is -1.56. The normalized spacial score (nSPS) is 21.2. The van der Waals surface area contributed by atoms with E-state index in [1.165, 1.54) is 10.9 Å². The Kier molecular flexibility index (Phi) is 4.90. The second-order valence-electron chi connectivity index (χ2n) is 5.67. The Labute approximate surface area is 143 Å². The maximum atomic E-state index is 12.4. The first-order valence-corrected chi connectivity index (χ1v) is 8.30. The molecule has 0 radical (unpaired) electrons. The molecule has 1 aromatic carbocycles. The molecular formula is C16H17Cl2N3O2. The van der Waals surface area contributed by atoms with Crippen LogP contribution in [0.2, 0.25) is 10.0 Å². The topological polar surface area (TPSA) is 67.2 Å². The second-order valence-corrected chi connectivity index (χ2v) is 6.48. The predicted octanol–water partition coefficient (Wildman–Crippen LogP) is 3.25. The third kappa shape index (κ3) is 3.52. The van der Waals surface area contributed by atoms with Crippen LogP contribution in [-0.4, -0.2) is 27.0 Å². The smallest absolute Gasteiger partial charge is 0.292 e. The molecule has 0 unspecified atom stereocenters. The monoisotopic (exact) mass is 353 g/mol. The third-order valence-electron chi connectivity index (χ3n) is 4.06. The van der Waals surface area contributed by atoms with Crippen molar-refractivity contribution in [1.82, 2.24) is 9.78 Å². The maximum Gasteiger partial charge on any atom is 0.292 e. The Morgan fingerprint density at radius 1 is 1.17 bits per heavy atom. The highest BCUT2D eigenvalue weighted by Crippen LogP contribution is 2.25. The summed E-state index contributed by atoms with van der Waals surface area (Å²) >= 11 is 12.1. The molecule has 2 N–H and O–H groups in total. The van der Waals surface area contributed by atoms with E-state index in [9.17, 15) is 9.90 Å². The molecule has 122 valence electrons. The summed E-state index contributed by atoms with van der Waals surface area (Å²) in [6, 6.07) is 6.66. The average molecular weight is 354 g/mol. The van der Waals surface area contributed by atoms with Crippen LogP contribution in [0.5, 0.6) is 0 Å². The zero-order valence-corrected chi connectivity index (χ0v) is 13.9. The van der Waals surface area contributed by atoms with Crippen molar-refractivity contribution < 1.29 is 5.11 Å². The Balaban J connectivity index is 1.88. The SMILES string of the molecule is O=c1c(Cl)c(N[C@H]2CCCC[C@@H]2O)cnn1-c1ccc(Cl)cc1. The predicted molar refractivity (Wildman–Crippen MR) is 91.7 cm³/mol. The van der Waals surface area contributed by atoms with E-state index in [1.54, 1.807) is 24.3 Å². The number of nitrogens with zero attached hydrogens (tertiary/aromatic N) is 2. The van der Waals surface area contributed by atoms with Gasteiger partial charge in [0.2, 0.25) is 0 Å². The van der Waals surface area contributed by atoms with Crippen molar-refractivity contribution in [2.45, 2.75) is 37.8 Å². The van der Waals surface area contributed by atoms with Gasteiger partial charge in [0, 0.05) is 5.02 Å². The molecule has 1 saturated carbocycles. The van der Waals surface area contributed by atoms with Gasteiger partial charge in [0.25, 0.3) is 5.56 Å². The van der Waals surface area contributed by atoms with Crippen LogP contribution in [0.25, 0.3) is 5.69 Å². The minimum Gasteiger partial charge on any atom is -0.391 e. The van der Waals surface area contributed by atoms with E-state index >= 15 is 0 Å². The Morgan fingerprint density at radius 3 is 2.57 bits per heavy atom. The van der Waals surface area contributed by atoms with E-state index in [1.807, 2.05) is 0 Å². The van der Waals surface area contributed by atoms with Crippen molar-refractivity contribution in [3.63, 3.8) is 0 Å². The maximum absolute atomic E-state index is 12.4. The molecule has 1 fully saturated rings. The van der Waals surface area contributed by atoms with E-state index < -0.39 is 11.7 Å². The number of aromatic nitrogens is 2.